The molecule has 3 nitrogen and oxygen atoms in total. The summed E-state index contributed by atoms with van der Waals surface area (Å²) in [5.74, 6) is 1.82. The van der Waals surface area contributed by atoms with Gasteiger partial charge in [0.15, 0.2) is 0 Å². The lowest BCUT2D eigenvalue weighted by Gasteiger charge is -2.27. The molecule has 1 aromatic carbocycles. The molecular weight excluding hydrogens is 284 g/mol. The topological polar surface area (TPSA) is 46.5 Å². The number of ether oxygens (including phenoxy) is 1. The molecule has 1 atom stereocenters. The first-order valence-corrected chi connectivity index (χ1v) is 7.89. The van der Waals surface area contributed by atoms with Crippen LogP contribution in [0.5, 0.6) is 5.75 Å². The number of benzene rings is 1. The highest BCUT2D eigenvalue weighted by Crippen LogP contribution is 2.30. The lowest BCUT2D eigenvalue weighted by Crippen LogP contribution is -2.31. The second-order valence-corrected chi connectivity index (χ2v) is 6.32. The van der Waals surface area contributed by atoms with E-state index < -0.39 is 11.9 Å². The van der Waals surface area contributed by atoms with Gasteiger partial charge in [-0.1, -0.05) is 11.6 Å². The van der Waals surface area contributed by atoms with Crippen molar-refractivity contribution in [1.82, 2.24) is 0 Å². The standard InChI is InChI=1S/C14H17ClO3S/c15-11-1-3-12(4-2-11)18-9-13(14(16)17)10-5-7-19-8-6-10/h1-4,10,13H,5-9H2,(H,16,17). The molecule has 0 aliphatic carbocycles. The molecule has 5 heteroatoms. The maximum atomic E-state index is 11.4. The summed E-state index contributed by atoms with van der Waals surface area (Å²) >= 11 is 7.69. The minimum Gasteiger partial charge on any atom is -0.493 e. The normalized spacial score (nSPS) is 17.9. The van der Waals surface area contributed by atoms with Crippen LogP contribution < -0.4 is 4.74 Å². The Morgan fingerprint density at radius 1 is 1.37 bits per heavy atom. The molecule has 1 fully saturated rings. The summed E-state index contributed by atoms with van der Waals surface area (Å²) in [6.07, 6.45) is 1.93. The van der Waals surface area contributed by atoms with E-state index in [1.54, 1.807) is 24.3 Å². The third kappa shape index (κ3) is 4.32. The largest absolute Gasteiger partial charge is 0.493 e. The molecule has 1 aliphatic rings. The fourth-order valence-corrected chi connectivity index (χ4v) is 3.51. The van der Waals surface area contributed by atoms with E-state index >= 15 is 0 Å². The maximum absolute atomic E-state index is 11.4. The van der Waals surface area contributed by atoms with Gasteiger partial charge in [-0.2, -0.15) is 11.8 Å². The molecule has 1 N–H and O–H groups in total. The minimum absolute atomic E-state index is 0.228. The number of carboxylic acids is 1. The van der Waals surface area contributed by atoms with Crippen molar-refractivity contribution in [1.29, 1.82) is 0 Å². The molecule has 104 valence electrons. The van der Waals surface area contributed by atoms with E-state index in [0.717, 1.165) is 24.3 Å². The van der Waals surface area contributed by atoms with E-state index in [2.05, 4.69) is 0 Å². The first kappa shape index (κ1) is 14.5. The van der Waals surface area contributed by atoms with Crippen molar-refractivity contribution < 1.29 is 14.6 Å². The Morgan fingerprint density at radius 3 is 2.58 bits per heavy atom. The molecule has 0 spiro atoms. The lowest BCUT2D eigenvalue weighted by atomic mass is 9.88. The van der Waals surface area contributed by atoms with Crippen molar-refractivity contribution in [2.45, 2.75) is 12.8 Å². The molecule has 1 aliphatic heterocycles. The Hall–Kier alpha value is -0.870. The van der Waals surface area contributed by atoms with Gasteiger partial charge in [-0.3, -0.25) is 4.79 Å². The third-order valence-corrected chi connectivity index (χ3v) is 4.70. The fourth-order valence-electron chi connectivity index (χ4n) is 2.24. The van der Waals surface area contributed by atoms with E-state index in [1.807, 2.05) is 11.8 Å². The fraction of sp³-hybridized carbons (Fsp3) is 0.500. The Labute approximate surface area is 122 Å². The monoisotopic (exact) mass is 300 g/mol. The number of rotatable bonds is 5. The summed E-state index contributed by atoms with van der Waals surface area (Å²) in [6, 6.07) is 7.00. The second-order valence-electron chi connectivity index (χ2n) is 4.66. The number of carboxylic acid groups (broad SMARTS) is 1. The zero-order valence-electron chi connectivity index (χ0n) is 10.5. The predicted molar refractivity (Wildman–Crippen MR) is 78.1 cm³/mol. The molecule has 0 saturated carbocycles. The summed E-state index contributed by atoms with van der Waals surface area (Å²) in [7, 11) is 0. The SMILES string of the molecule is O=C(O)C(COc1ccc(Cl)cc1)C1CCSCC1. The Bertz CT molecular complexity index is 415. The van der Waals surface area contributed by atoms with Crippen molar-refractivity contribution in [3.05, 3.63) is 29.3 Å². The van der Waals surface area contributed by atoms with E-state index in [1.165, 1.54) is 0 Å². The van der Waals surface area contributed by atoms with Crippen LogP contribution >= 0.6 is 23.4 Å². The van der Waals surface area contributed by atoms with Gasteiger partial charge in [-0.15, -0.1) is 0 Å². The lowest BCUT2D eigenvalue weighted by molar-refractivity contribution is -0.145. The van der Waals surface area contributed by atoms with Gasteiger partial charge in [-0.05, 0) is 54.5 Å². The zero-order chi connectivity index (χ0) is 13.7. The highest BCUT2D eigenvalue weighted by Gasteiger charge is 2.30. The summed E-state index contributed by atoms with van der Waals surface area (Å²) < 4.78 is 5.59. The second kappa shape index (κ2) is 7.06. The Kier molecular flexibility index (Phi) is 5.40. The van der Waals surface area contributed by atoms with Crippen molar-refractivity contribution in [3.8, 4) is 5.75 Å². The zero-order valence-corrected chi connectivity index (χ0v) is 12.1. The molecule has 0 amide bonds. The van der Waals surface area contributed by atoms with Gasteiger partial charge < -0.3 is 9.84 Å². The summed E-state index contributed by atoms with van der Waals surface area (Å²) in [4.78, 5) is 11.4. The van der Waals surface area contributed by atoms with Crippen molar-refractivity contribution in [2.24, 2.45) is 11.8 Å². The molecule has 1 aromatic rings. The summed E-state index contributed by atoms with van der Waals surface area (Å²) in [5.41, 5.74) is 0. The molecule has 1 saturated heterocycles. The Morgan fingerprint density at radius 2 is 2.00 bits per heavy atom. The summed E-state index contributed by atoms with van der Waals surface area (Å²) in [6.45, 7) is 0.228. The van der Waals surface area contributed by atoms with Gasteiger partial charge >= 0.3 is 5.97 Å². The van der Waals surface area contributed by atoms with Crippen LogP contribution in [0.1, 0.15) is 12.8 Å². The van der Waals surface area contributed by atoms with Crippen LogP contribution in [-0.4, -0.2) is 29.2 Å². The van der Waals surface area contributed by atoms with E-state index in [9.17, 15) is 9.90 Å². The van der Waals surface area contributed by atoms with Crippen LogP contribution in [-0.2, 0) is 4.79 Å². The van der Waals surface area contributed by atoms with Crippen LogP contribution in [0.15, 0.2) is 24.3 Å². The minimum atomic E-state index is -0.758. The molecule has 0 radical (unpaired) electrons. The molecule has 0 bridgehead atoms. The maximum Gasteiger partial charge on any atom is 0.310 e. The molecule has 1 heterocycles. The first-order valence-electron chi connectivity index (χ1n) is 6.35. The number of hydrogen-bond donors (Lipinski definition) is 1. The highest BCUT2D eigenvalue weighted by molar-refractivity contribution is 7.99. The van der Waals surface area contributed by atoms with Gasteiger partial charge in [-0.25, -0.2) is 0 Å². The summed E-state index contributed by atoms with van der Waals surface area (Å²) in [5, 5.41) is 9.98. The number of halogens is 1. The highest BCUT2D eigenvalue weighted by atomic mass is 35.5. The van der Waals surface area contributed by atoms with Crippen LogP contribution in [0, 0.1) is 11.8 Å². The van der Waals surface area contributed by atoms with Gasteiger partial charge in [0.25, 0.3) is 0 Å². The first-order chi connectivity index (χ1) is 9.16. The molecule has 0 aromatic heterocycles. The average Bonchev–Trinajstić information content (AvgIpc) is 2.42. The number of carbonyl (C=O) groups is 1. The molecule has 1 unspecified atom stereocenters. The quantitative estimate of drug-likeness (QED) is 0.903. The van der Waals surface area contributed by atoms with Gasteiger partial charge in [0.2, 0.25) is 0 Å². The van der Waals surface area contributed by atoms with Crippen LogP contribution in [0.3, 0.4) is 0 Å². The van der Waals surface area contributed by atoms with Crippen LogP contribution in [0.25, 0.3) is 0 Å². The van der Waals surface area contributed by atoms with Gasteiger partial charge in [0, 0.05) is 5.02 Å². The van der Waals surface area contributed by atoms with E-state index in [4.69, 9.17) is 16.3 Å². The van der Waals surface area contributed by atoms with Crippen molar-refractivity contribution >= 4 is 29.3 Å². The average molecular weight is 301 g/mol. The Balaban J connectivity index is 1.93. The molecule has 19 heavy (non-hydrogen) atoms. The number of aliphatic carboxylic acids is 1. The molecular formula is C14H17ClO3S. The predicted octanol–water partition coefficient (Wildman–Crippen LogP) is 3.56. The third-order valence-electron chi connectivity index (χ3n) is 3.40. The van der Waals surface area contributed by atoms with Gasteiger partial charge in [0.1, 0.15) is 12.4 Å². The van der Waals surface area contributed by atoms with Crippen molar-refractivity contribution in [3.63, 3.8) is 0 Å². The van der Waals surface area contributed by atoms with E-state index in [0.29, 0.717) is 10.8 Å². The number of hydrogen-bond acceptors (Lipinski definition) is 3. The molecule has 2 rings (SSSR count). The van der Waals surface area contributed by atoms with E-state index in [-0.39, 0.29) is 12.5 Å². The van der Waals surface area contributed by atoms with Crippen LogP contribution in [0.2, 0.25) is 5.02 Å². The van der Waals surface area contributed by atoms with Crippen LogP contribution in [0.4, 0.5) is 0 Å². The smallest absolute Gasteiger partial charge is 0.310 e. The van der Waals surface area contributed by atoms with Gasteiger partial charge in [0.05, 0.1) is 5.92 Å². The van der Waals surface area contributed by atoms with Crippen molar-refractivity contribution in [2.75, 3.05) is 18.1 Å². The number of thioether (sulfide) groups is 1.